The third-order valence-electron chi connectivity index (χ3n) is 4.14. The first-order chi connectivity index (χ1) is 13.0. The third kappa shape index (κ3) is 5.06. The molecule has 2 rings (SSSR count). The van der Waals surface area contributed by atoms with E-state index in [2.05, 4.69) is 26.1 Å². The first-order valence-corrected chi connectivity index (χ1v) is 8.65. The predicted molar refractivity (Wildman–Crippen MR) is 106 cm³/mol. The molecule has 0 aliphatic rings. The van der Waals surface area contributed by atoms with Crippen molar-refractivity contribution < 1.29 is 19.2 Å². The first kappa shape index (κ1) is 20.9. The molecule has 0 bridgehead atoms. The molecule has 8 heteroatoms. The Kier molecular flexibility index (Phi) is 6.03. The molecular formula is C20H23N3O5. The number of carbonyl (C=O) groups excluding carboxylic acids is 2. The lowest BCUT2D eigenvalue weighted by molar-refractivity contribution is -0.384. The van der Waals surface area contributed by atoms with E-state index in [1.807, 2.05) is 12.1 Å². The van der Waals surface area contributed by atoms with Crippen molar-refractivity contribution in [1.29, 1.82) is 0 Å². The summed E-state index contributed by atoms with van der Waals surface area (Å²) >= 11 is 0. The lowest BCUT2D eigenvalue weighted by atomic mass is 9.87. The molecule has 2 aromatic carbocycles. The minimum absolute atomic E-state index is 0.00392. The second kappa shape index (κ2) is 8.08. The standard InChI is InChI=1S/C20H23N3O5/c1-12(18(24)22-14-7-5-13(6-8-14)20(2,3)4)28-19(25)16-10-9-15(23(26)27)11-17(16)21/h5-12H,21H2,1-4H3,(H,22,24). The zero-order valence-corrected chi connectivity index (χ0v) is 16.2. The molecule has 28 heavy (non-hydrogen) atoms. The average Bonchev–Trinajstić information content (AvgIpc) is 2.60. The molecule has 0 fully saturated rings. The number of nitrogens with zero attached hydrogens (tertiary/aromatic N) is 1. The van der Waals surface area contributed by atoms with Crippen LogP contribution in [0.4, 0.5) is 17.1 Å². The number of non-ortho nitro benzene ring substituents is 1. The van der Waals surface area contributed by atoms with Crippen molar-refractivity contribution in [3.63, 3.8) is 0 Å². The highest BCUT2D eigenvalue weighted by atomic mass is 16.6. The molecule has 8 nitrogen and oxygen atoms in total. The van der Waals surface area contributed by atoms with Gasteiger partial charge in [-0.2, -0.15) is 0 Å². The van der Waals surface area contributed by atoms with Gasteiger partial charge in [0.1, 0.15) is 0 Å². The third-order valence-corrected chi connectivity index (χ3v) is 4.14. The summed E-state index contributed by atoms with van der Waals surface area (Å²) in [6.45, 7) is 7.70. The van der Waals surface area contributed by atoms with Gasteiger partial charge in [0.25, 0.3) is 11.6 Å². The lowest BCUT2D eigenvalue weighted by Gasteiger charge is -2.19. The van der Waals surface area contributed by atoms with Crippen molar-refractivity contribution in [3.05, 3.63) is 63.7 Å². The second-order valence-electron chi connectivity index (χ2n) is 7.39. The van der Waals surface area contributed by atoms with Crippen molar-refractivity contribution in [2.24, 2.45) is 0 Å². The first-order valence-electron chi connectivity index (χ1n) is 8.65. The predicted octanol–water partition coefficient (Wildman–Crippen LogP) is 3.66. The van der Waals surface area contributed by atoms with E-state index in [1.165, 1.54) is 13.0 Å². The molecule has 0 aliphatic heterocycles. The van der Waals surface area contributed by atoms with E-state index >= 15 is 0 Å². The fourth-order valence-electron chi connectivity index (χ4n) is 2.42. The topological polar surface area (TPSA) is 125 Å². The highest BCUT2D eigenvalue weighted by molar-refractivity contribution is 5.99. The van der Waals surface area contributed by atoms with Crippen LogP contribution < -0.4 is 11.1 Å². The number of esters is 1. The zero-order valence-electron chi connectivity index (χ0n) is 16.2. The summed E-state index contributed by atoms with van der Waals surface area (Å²) in [5.41, 5.74) is 7.01. The van der Waals surface area contributed by atoms with Crippen molar-refractivity contribution >= 4 is 28.9 Å². The van der Waals surface area contributed by atoms with E-state index in [9.17, 15) is 19.7 Å². The van der Waals surface area contributed by atoms with Crippen LogP contribution in [0.1, 0.15) is 43.6 Å². The van der Waals surface area contributed by atoms with Crippen molar-refractivity contribution in [1.82, 2.24) is 0 Å². The number of hydrogen-bond acceptors (Lipinski definition) is 6. The summed E-state index contributed by atoms with van der Waals surface area (Å²) in [5, 5.41) is 13.4. The summed E-state index contributed by atoms with van der Waals surface area (Å²) in [6.07, 6.45) is -1.08. The number of anilines is 2. The van der Waals surface area contributed by atoms with Crippen LogP contribution in [0.15, 0.2) is 42.5 Å². The van der Waals surface area contributed by atoms with E-state index in [-0.39, 0.29) is 22.4 Å². The number of amides is 1. The molecular weight excluding hydrogens is 362 g/mol. The van der Waals surface area contributed by atoms with Crippen molar-refractivity contribution in [2.45, 2.75) is 39.2 Å². The molecule has 0 heterocycles. The van der Waals surface area contributed by atoms with Gasteiger partial charge in [-0.05, 0) is 36.1 Å². The van der Waals surface area contributed by atoms with Gasteiger partial charge in [0.2, 0.25) is 0 Å². The van der Waals surface area contributed by atoms with E-state index < -0.39 is 22.9 Å². The average molecular weight is 385 g/mol. The number of ether oxygens (including phenoxy) is 1. The Balaban J connectivity index is 2.02. The maximum atomic E-state index is 12.3. The van der Waals surface area contributed by atoms with Crippen molar-refractivity contribution in [3.8, 4) is 0 Å². The Morgan fingerprint density at radius 1 is 1.14 bits per heavy atom. The van der Waals surface area contributed by atoms with Crippen LogP contribution in [0.25, 0.3) is 0 Å². The number of nitrogen functional groups attached to an aromatic ring is 1. The van der Waals surface area contributed by atoms with Crippen LogP contribution in [0.2, 0.25) is 0 Å². The van der Waals surface area contributed by atoms with Gasteiger partial charge in [0.05, 0.1) is 16.2 Å². The molecule has 1 unspecified atom stereocenters. The second-order valence-corrected chi connectivity index (χ2v) is 7.39. The van der Waals surface area contributed by atoms with Crippen LogP contribution >= 0.6 is 0 Å². The van der Waals surface area contributed by atoms with E-state index in [0.717, 1.165) is 17.7 Å². The SMILES string of the molecule is CC(OC(=O)c1ccc([N+](=O)[O-])cc1N)C(=O)Nc1ccc(C(C)(C)C)cc1. The molecule has 0 saturated heterocycles. The lowest BCUT2D eigenvalue weighted by Crippen LogP contribution is -2.30. The van der Waals surface area contributed by atoms with Crippen LogP contribution in [0.3, 0.4) is 0 Å². The van der Waals surface area contributed by atoms with Gasteiger partial charge in [-0.15, -0.1) is 0 Å². The summed E-state index contributed by atoms with van der Waals surface area (Å²) < 4.78 is 5.13. The smallest absolute Gasteiger partial charge is 0.341 e. The summed E-state index contributed by atoms with van der Waals surface area (Å²) in [6, 6.07) is 10.8. The minimum atomic E-state index is -1.08. The molecule has 1 atom stereocenters. The maximum absolute atomic E-state index is 12.3. The number of nitro benzene ring substituents is 1. The molecule has 0 radical (unpaired) electrons. The van der Waals surface area contributed by atoms with E-state index in [1.54, 1.807) is 12.1 Å². The van der Waals surface area contributed by atoms with E-state index in [4.69, 9.17) is 10.5 Å². The van der Waals surface area contributed by atoms with Crippen LogP contribution in [0, 0.1) is 10.1 Å². The monoisotopic (exact) mass is 385 g/mol. The maximum Gasteiger partial charge on any atom is 0.341 e. The Labute approximate surface area is 162 Å². The molecule has 1 amide bonds. The largest absolute Gasteiger partial charge is 0.449 e. The number of nitro groups is 1. The number of nitrogens with one attached hydrogen (secondary N) is 1. The molecule has 0 saturated carbocycles. The van der Waals surface area contributed by atoms with Crippen LogP contribution in [-0.4, -0.2) is 22.9 Å². The molecule has 0 aromatic heterocycles. The fourth-order valence-corrected chi connectivity index (χ4v) is 2.42. The van der Waals surface area contributed by atoms with Gasteiger partial charge >= 0.3 is 5.97 Å². The molecule has 0 aliphatic carbocycles. The molecule has 148 valence electrons. The van der Waals surface area contributed by atoms with Gasteiger partial charge in [-0.3, -0.25) is 14.9 Å². The highest BCUT2D eigenvalue weighted by Crippen LogP contribution is 2.24. The van der Waals surface area contributed by atoms with Gasteiger partial charge < -0.3 is 15.8 Å². The highest BCUT2D eigenvalue weighted by Gasteiger charge is 2.22. The van der Waals surface area contributed by atoms with Gasteiger partial charge in [-0.25, -0.2) is 4.79 Å². The number of carbonyl (C=O) groups is 2. The zero-order chi connectivity index (χ0) is 21.1. The molecule has 3 N–H and O–H groups in total. The van der Waals surface area contributed by atoms with Crippen molar-refractivity contribution in [2.75, 3.05) is 11.1 Å². The summed E-state index contributed by atoms with van der Waals surface area (Å²) in [4.78, 5) is 34.6. The Morgan fingerprint density at radius 2 is 1.75 bits per heavy atom. The van der Waals surface area contributed by atoms with E-state index in [0.29, 0.717) is 5.69 Å². The Hall–Kier alpha value is -3.42. The fraction of sp³-hybridized carbons (Fsp3) is 0.300. The number of benzene rings is 2. The normalized spacial score (nSPS) is 12.1. The van der Waals surface area contributed by atoms with Gasteiger partial charge in [0, 0.05) is 17.8 Å². The number of nitrogens with two attached hydrogens (primary N) is 1. The summed E-state index contributed by atoms with van der Waals surface area (Å²) in [5.74, 6) is -1.34. The van der Waals surface area contributed by atoms with Crippen LogP contribution in [-0.2, 0) is 14.9 Å². The summed E-state index contributed by atoms with van der Waals surface area (Å²) in [7, 11) is 0. The van der Waals surface area contributed by atoms with Crippen LogP contribution in [0.5, 0.6) is 0 Å². The Bertz CT molecular complexity index is 901. The quantitative estimate of drug-likeness (QED) is 0.350. The number of hydrogen-bond donors (Lipinski definition) is 2. The minimum Gasteiger partial charge on any atom is -0.449 e. The Morgan fingerprint density at radius 3 is 2.25 bits per heavy atom. The molecule has 2 aromatic rings. The number of rotatable bonds is 5. The van der Waals surface area contributed by atoms with Gasteiger partial charge in [-0.1, -0.05) is 32.9 Å². The molecule has 0 spiro atoms. The van der Waals surface area contributed by atoms with Gasteiger partial charge in [0.15, 0.2) is 6.10 Å².